The smallest absolute Gasteiger partial charge is 0.262 e. The van der Waals surface area contributed by atoms with Gasteiger partial charge in [-0.2, -0.15) is 5.10 Å². The van der Waals surface area contributed by atoms with E-state index in [0.29, 0.717) is 16.5 Å². The summed E-state index contributed by atoms with van der Waals surface area (Å²) in [5.41, 5.74) is 0.488. The third-order valence-corrected chi connectivity index (χ3v) is 3.97. The van der Waals surface area contributed by atoms with Crippen LogP contribution in [0.15, 0.2) is 30.7 Å². The Bertz CT molecular complexity index is 758. The Morgan fingerprint density at radius 2 is 2.10 bits per heavy atom. The number of amides is 1. The van der Waals surface area contributed by atoms with Crippen molar-refractivity contribution in [2.24, 2.45) is 7.05 Å². The molecule has 0 atom stereocenters. The van der Waals surface area contributed by atoms with E-state index in [4.69, 9.17) is 0 Å². The summed E-state index contributed by atoms with van der Waals surface area (Å²) in [5, 5.41) is 16.3. The van der Waals surface area contributed by atoms with Crippen LogP contribution in [0.2, 0.25) is 0 Å². The molecule has 0 aliphatic carbocycles. The van der Waals surface area contributed by atoms with Gasteiger partial charge in [-0.1, -0.05) is 18.3 Å². The lowest BCUT2D eigenvalue weighted by molar-refractivity contribution is 0.102. The van der Waals surface area contributed by atoms with Crippen molar-refractivity contribution in [2.75, 3.05) is 5.32 Å². The maximum Gasteiger partial charge on any atom is 0.262 e. The maximum absolute atomic E-state index is 12.4. The number of aryl methyl sites for hydroxylation is 2. The van der Waals surface area contributed by atoms with Crippen molar-refractivity contribution in [3.63, 3.8) is 0 Å². The second kappa shape index (κ2) is 5.49. The van der Waals surface area contributed by atoms with Crippen LogP contribution in [0.1, 0.15) is 22.3 Å². The van der Waals surface area contributed by atoms with Gasteiger partial charge in [0.1, 0.15) is 16.4 Å². The second-order valence-corrected chi connectivity index (χ2v) is 5.47. The highest BCUT2D eigenvalue weighted by Gasteiger charge is 2.18. The molecule has 0 aliphatic heterocycles. The van der Waals surface area contributed by atoms with Gasteiger partial charge in [0.15, 0.2) is 0 Å². The number of carbonyl (C=O) groups excluding carboxylic acids is 1. The van der Waals surface area contributed by atoms with Gasteiger partial charge in [0.25, 0.3) is 5.91 Å². The van der Waals surface area contributed by atoms with Crippen molar-refractivity contribution >= 4 is 22.4 Å². The van der Waals surface area contributed by atoms with Crippen LogP contribution in [-0.2, 0) is 13.5 Å². The molecule has 3 heterocycles. The van der Waals surface area contributed by atoms with Gasteiger partial charge in [-0.3, -0.25) is 14.8 Å². The summed E-state index contributed by atoms with van der Waals surface area (Å²) in [6.45, 7) is 2.00. The highest BCUT2D eigenvalue weighted by molar-refractivity contribution is 7.15. The Hall–Kier alpha value is -2.48. The lowest BCUT2D eigenvalue weighted by Gasteiger charge is -2.06. The molecule has 0 aliphatic rings. The monoisotopic (exact) mass is 302 g/mol. The zero-order chi connectivity index (χ0) is 14.8. The second-order valence-electron chi connectivity index (χ2n) is 4.40. The molecule has 1 N–H and O–H groups in total. The van der Waals surface area contributed by atoms with E-state index in [1.54, 1.807) is 17.9 Å². The Labute approximate surface area is 125 Å². The zero-order valence-electron chi connectivity index (χ0n) is 11.6. The first-order valence-corrected chi connectivity index (χ1v) is 7.29. The molecule has 0 radical (unpaired) electrons. The molecule has 3 aromatic heterocycles. The fourth-order valence-electron chi connectivity index (χ4n) is 1.98. The zero-order valence-corrected chi connectivity index (χ0v) is 12.5. The predicted octanol–water partition coefficient (Wildman–Crippen LogP) is 1.88. The molecule has 0 aromatic carbocycles. The Balaban J connectivity index is 1.88. The summed E-state index contributed by atoms with van der Waals surface area (Å²) in [4.78, 5) is 12.4. The first kappa shape index (κ1) is 13.5. The van der Waals surface area contributed by atoms with Crippen LogP contribution in [0.25, 0.3) is 5.82 Å². The Morgan fingerprint density at radius 3 is 2.76 bits per heavy atom. The van der Waals surface area contributed by atoms with Crippen LogP contribution >= 0.6 is 11.3 Å². The van der Waals surface area contributed by atoms with Crippen molar-refractivity contribution in [1.29, 1.82) is 0 Å². The van der Waals surface area contributed by atoms with Crippen LogP contribution in [0.3, 0.4) is 0 Å². The molecule has 3 rings (SSSR count). The molecule has 0 saturated carbocycles. The third-order valence-electron chi connectivity index (χ3n) is 2.99. The average Bonchev–Trinajstić information content (AvgIpc) is 3.17. The summed E-state index contributed by atoms with van der Waals surface area (Å²) in [6.07, 6.45) is 6.09. The third kappa shape index (κ3) is 2.57. The highest BCUT2D eigenvalue weighted by Crippen LogP contribution is 2.19. The van der Waals surface area contributed by atoms with Crippen molar-refractivity contribution in [3.05, 3.63) is 41.3 Å². The molecule has 0 spiro atoms. The van der Waals surface area contributed by atoms with E-state index in [9.17, 15) is 4.79 Å². The van der Waals surface area contributed by atoms with Gasteiger partial charge in [-0.15, -0.1) is 10.2 Å². The number of hydrogen-bond donors (Lipinski definition) is 1. The topological polar surface area (TPSA) is 77.6 Å². The lowest BCUT2D eigenvalue weighted by atomic mass is 10.3. The molecule has 7 nitrogen and oxygen atoms in total. The van der Waals surface area contributed by atoms with Crippen molar-refractivity contribution < 1.29 is 4.79 Å². The molecular formula is C13H14N6OS. The number of carbonyl (C=O) groups is 1. The van der Waals surface area contributed by atoms with E-state index in [1.807, 2.05) is 36.0 Å². The average molecular weight is 302 g/mol. The van der Waals surface area contributed by atoms with Crippen molar-refractivity contribution in [3.8, 4) is 5.82 Å². The largest absolute Gasteiger partial charge is 0.308 e. The fourth-order valence-corrected chi connectivity index (χ4v) is 2.66. The van der Waals surface area contributed by atoms with Crippen LogP contribution in [-0.4, -0.2) is 30.5 Å². The minimum atomic E-state index is -0.245. The van der Waals surface area contributed by atoms with Crippen LogP contribution in [0.4, 0.5) is 5.13 Å². The minimum Gasteiger partial charge on any atom is -0.308 e. The summed E-state index contributed by atoms with van der Waals surface area (Å²) in [5.74, 6) is 0.461. The summed E-state index contributed by atoms with van der Waals surface area (Å²) >= 11 is 1.38. The molecule has 0 saturated heterocycles. The van der Waals surface area contributed by atoms with E-state index in [0.717, 1.165) is 11.4 Å². The predicted molar refractivity (Wildman–Crippen MR) is 79.8 cm³/mol. The maximum atomic E-state index is 12.4. The Kier molecular flexibility index (Phi) is 3.53. The molecule has 1 amide bonds. The summed E-state index contributed by atoms with van der Waals surface area (Å²) in [6, 6.07) is 3.79. The number of nitrogens with one attached hydrogen (secondary N) is 1. The fraction of sp³-hybridized carbons (Fsp3) is 0.231. The molecule has 0 bridgehead atoms. The van der Waals surface area contributed by atoms with E-state index < -0.39 is 0 Å². The highest BCUT2D eigenvalue weighted by atomic mass is 32.1. The van der Waals surface area contributed by atoms with E-state index in [-0.39, 0.29) is 5.91 Å². The molecular weight excluding hydrogens is 288 g/mol. The molecule has 0 fully saturated rings. The number of rotatable bonds is 4. The Morgan fingerprint density at radius 1 is 1.33 bits per heavy atom. The molecule has 108 valence electrons. The number of aromatic nitrogens is 5. The van der Waals surface area contributed by atoms with Gasteiger partial charge in [0.05, 0.1) is 6.20 Å². The van der Waals surface area contributed by atoms with Gasteiger partial charge < -0.3 is 4.57 Å². The van der Waals surface area contributed by atoms with Crippen LogP contribution in [0, 0.1) is 0 Å². The molecule has 0 unspecified atom stereocenters. The standard InChI is InChI=1S/C13H14N6OS/c1-3-10-16-17-13(21-10)15-11(20)9-8-14-18(2)12(9)19-6-4-5-7-19/h4-8H,3H2,1-2H3,(H,15,17,20). The quantitative estimate of drug-likeness (QED) is 0.798. The number of hydrogen-bond acceptors (Lipinski definition) is 5. The van der Waals surface area contributed by atoms with Crippen molar-refractivity contribution in [1.82, 2.24) is 24.5 Å². The normalized spacial score (nSPS) is 10.8. The van der Waals surface area contributed by atoms with Crippen LogP contribution < -0.4 is 5.32 Å². The molecule has 8 heteroatoms. The van der Waals surface area contributed by atoms with Gasteiger partial charge in [-0.25, -0.2) is 0 Å². The summed E-state index contributed by atoms with van der Waals surface area (Å²) in [7, 11) is 1.80. The van der Waals surface area contributed by atoms with Crippen LogP contribution in [0.5, 0.6) is 0 Å². The first-order valence-electron chi connectivity index (χ1n) is 6.48. The molecule has 3 aromatic rings. The van der Waals surface area contributed by atoms with E-state index >= 15 is 0 Å². The van der Waals surface area contributed by atoms with Gasteiger partial charge in [-0.05, 0) is 18.6 Å². The van der Waals surface area contributed by atoms with E-state index in [1.165, 1.54) is 11.3 Å². The lowest BCUT2D eigenvalue weighted by Crippen LogP contribution is -2.14. The number of nitrogens with zero attached hydrogens (tertiary/aromatic N) is 5. The first-order chi connectivity index (χ1) is 10.2. The van der Waals surface area contributed by atoms with Gasteiger partial charge >= 0.3 is 0 Å². The summed E-state index contributed by atoms with van der Waals surface area (Å²) < 4.78 is 3.51. The van der Waals surface area contributed by atoms with Crippen molar-refractivity contribution in [2.45, 2.75) is 13.3 Å². The van der Waals surface area contributed by atoms with Gasteiger partial charge in [0, 0.05) is 19.4 Å². The number of anilines is 1. The van der Waals surface area contributed by atoms with E-state index in [2.05, 4.69) is 20.6 Å². The SMILES string of the molecule is CCc1nnc(NC(=O)c2cnn(C)c2-n2cccc2)s1. The van der Waals surface area contributed by atoms with Gasteiger partial charge in [0.2, 0.25) is 5.13 Å². The minimum absolute atomic E-state index is 0.245. The molecule has 21 heavy (non-hydrogen) atoms.